The molecule has 0 saturated carbocycles. The minimum Gasteiger partial charge on any atom is -0.369 e. The van der Waals surface area contributed by atoms with Crippen LogP contribution in [0.4, 0.5) is 4.39 Å². The number of Topliss-reactive ketones (excluding diaryl/α,β-unsaturated/α-hetero) is 2. The lowest BCUT2D eigenvalue weighted by molar-refractivity contribution is -0.120. The Morgan fingerprint density at radius 1 is 1.00 bits per heavy atom. The first-order valence-corrected chi connectivity index (χ1v) is 9.02. The fraction of sp³-hybridized carbons (Fsp3) is 0.400. The van der Waals surface area contributed by atoms with Crippen LogP contribution >= 0.6 is 15.9 Å². The molecule has 0 spiro atoms. The smallest absolute Gasteiger partial charge is 0.184 e. The maximum atomic E-state index is 12.5. The Bertz CT molecular complexity index is 762. The van der Waals surface area contributed by atoms with Gasteiger partial charge in [0.15, 0.2) is 11.6 Å². The van der Waals surface area contributed by atoms with Crippen LogP contribution in [-0.2, 0) is 14.3 Å². The molecule has 3 rings (SSSR count). The average molecular weight is 409 g/mol. The second-order valence-corrected chi connectivity index (χ2v) is 7.31. The van der Waals surface area contributed by atoms with E-state index in [-0.39, 0.29) is 24.0 Å². The number of hydrogen-bond donors (Lipinski definition) is 0. The topological polar surface area (TPSA) is 43.4 Å². The maximum Gasteiger partial charge on any atom is 0.184 e. The van der Waals surface area contributed by atoms with Crippen molar-refractivity contribution in [2.45, 2.75) is 40.0 Å². The normalized spacial score (nSPS) is 17.8. The van der Waals surface area contributed by atoms with Crippen molar-refractivity contribution in [1.82, 2.24) is 0 Å². The van der Waals surface area contributed by atoms with Crippen molar-refractivity contribution in [3.8, 4) is 0 Å². The Labute approximate surface area is 156 Å². The third-order valence-electron chi connectivity index (χ3n) is 4.41. The largest absolute Gasteiger partial charge is 0.369 e. The van der Waals surface area contributed by atoms with Gasteiger partial charge in [-0.3, -0.25) is 9.59 Å². The van der Waals surface area contributed by atoms with Crippen LogP contribution in [0.25, 0.3) is 0 Å². The zero-order valence-corrected chi connectivity index (χ0v) is 16.3. The van der Waals surface area contributed by atoms with E-state index < -0.39 is 0 Å². The summed E-state index contributed by atoms with van der Waals surface area (Å²) in [4.78, 5) is 23.3. The highest BCUT2D eigenvalue weighted by Crippen LogP contribution is 2.29. The van der Waals surface area contributed by atoms with Crippen molar-refractivity contribution in [2.24, 2.45) is 0 Å². The first-order valence-electron chi connectivity index (χ1n) is 8.22. The average Bonchev–Trinajstić information content (AvgIpc) is 2.87. The molecular weight excluding hydrogens is 387 g/mol. The number of hydrogen-bond acceptors (Lipinski definition) is 3. The standard InChI is InChI=1S/C13H16O3.C7H6BrF/c1-8-3-4-12(14)10(8)5-11-9(2)6-16-7-13(11)15;1-5-2-3-7(9)6(8)4-5/h3-7H2,1-2H3;2-4H,1H3. The van der Waals surface area contributed by atoms with E-state index in [2.05, 4.69) is 15.9 Å². The predicted molar refractivity (Wildman–Crippen MR) is 98.9 cm³/mol. The zero-order chi connectivity index (χ0) is 18.6. The van der Waals surface area contributed by atoms with Gasteiger partial charge >= 0.3 is 0 Å². The molecule has 0 N–H and O–H groups in total. The summed E-state index contributed by atoms with van der Waals surface area (Å²) in [5, 5.41) is 0. The lowest BCUT2D eigenvalue weighted by Gasteiger charge is -2.17. The van der Waals surface area contributed by atoms with E-state index in [1.807, 2.05) is 20.8 Å². The highest BCUT2D eigenvalue weighted by molar-refractivity contribution is 9.10. The molecule has 0 saturated heterocycles. The summed E-state index contributed by atoms with van der Waals surface area (Å²) >= 11 is 3.07. The SMILES string of the molecule is CC1=C(CC2=C(C)COCC2=O)C(=O)CC1.Cc1ccc(F)c(Br)c1. The fourth-order valence-electron chi connectivity index (χ4n) is 2.83. The van der Waals surface area contributed by atoms with E-state index in [1.165, 1.54) is 6.07 Å². The molecular formula is C20H22BrFO3. The van der Waals surface area contributed by atoms with E-state index in [0.717, 1.165) is 34.3 Å². The van der Waals surface area contributed by atoms with Crippen molar-refractivity contribution < 1.29 is 18.7 Å². The highest BCUT2D eigenvalue weighted by Gasteiger charge is 2.25. The van der Waals surface area contributed by atoms with E-state index in [9.17, 15) is 14.0 Å². The molecule has 1 aliphatic carbocycles. The molecule has 1 aromatic carbocycles. The molecule has 2 aliphatic rings. The van der Waals surface area contributed by atoms with Gasteiger partial charge in [-0.15, -0.1) is 0 Å². The first-order chi connectivity index (χ1) is 11.8. The molecule has 5 heteroatoms. The van der Waals surface area contributed by atoms with Gasteiger partial charge in [-0.2, -0.15) is 0 Å². The van der Waals surface area contributed by atoms with E-state index in [0.29, 0.717) is 23.9 Å². The van der Waals surface area contributed by atoms with Crippen molar-refractivity contribution in [1.29, 1.82) is 0 Å². The molecule has 1 heterocycles. The second kappa shape index (κ2) is 8.68. The molecule has 0 aromatic heterocycles. The molecule has 0 atom stereocenters. The third-order valence-corrected chi connectivity index (χ3v) is 5.02. The Morgan fingerprint density at radius 3 is 2.20 bits per heavy atom. The van der Waals surface area contributed by atoms with Gasteiger partial charge in [0.05, 0.1) is 11.1 Å². The second-order valence-electron chi connectivity index (χ2n) is 6.45. The zero-order valence-electron chi connectivity index (χ0n) is 14.7. The van der Waals surface area contributed by atoms with Crippen LogP contribution in [0.15, 0.2) is 45.0 Å². The van der Waals surface area contributed by atoms with Gasteiger partial charge in [-0.05, 0) is 72.0 Å². The minimum absolute atomic E-state index is 0.0312. The highest BCUT2D eigenvalue weighted by atomic mass is 79.9. The maximum absolute atomic E-state index is 12.5. The number of aryl methyl sites for hydroxylation is 1. The lowest BCUT2D eigenvalue weighted by Crippen LogP contribution is -2.21. The molecule has 0 radical (unpaired) electrons. The minimum atomic E-state index is -0.208. The fourth-order valence-corrected chi connectivity index (χ4v) is 3.32. The summed E-state index contributed by atoms with van der Waals surface area (Å²) in [5.74, 6) is 0.0291. The number of allylic oxidation sites excluding steroid dienone is 2. The number of carbonyl (C=O) groups excluding carboxylic acids is 2. The number of carbonyl (C=O) groups is 2. The summed E-state index contributed by atoms with van der Waals surface area (Å²) in [6, 6.07) is 4.93. The molecule has 134 valence electrons. The van der Waals surface area contributed by atoms with Gasteiger partial charge in [0.1, 0.15) is 12.4 Å². The van der Waals surface area contributed by atoms with Gasteiger partial charge in [0.25, 0.3) is 0 Å². The summed E-state index contributed by atoms with van der Waals surface area (Å²) in [6.07, 6.45) is 1.97. The van der Waals surface area contributed by atoms with Crippen molar-refractivity contribution in [2.75, 3.05) is 13.2 Å². The molecule has 0 amide bonds. The third kappa shape index (κ3) is 5.19. The van der Waals surface area contributed by atoms with Crippen LogP contribution in [0.3, 0.4) is 0 Å². The molecule has 1 aliphatic heterocycles. The number of benzene rings is 1. The summed E-state index contributed by atoms with van der Waals surface area (Å²) in [6.45, 7) is 6.49. The van der Waals surface area contributed by atoms with Gasteiger partial charge in [-0.25, -0.2) is 4.39 Å². The van der Waals surface area contributed by atoms with E-state index in [4.69, 9.17) is 4.74 Å². The number of ether oxygens (including phenoxy) is 1. The molecule has 1 aromatic rings. The first kappa shape index (κ1) is 19.7. The monoisotopic (exact) mass is 408 g/mol. The van der Waals surface area contributed by atoms with Crippen LogP contribution in [-0.4, -0.2) is 24.8 Å². The number of rotatable bonds is 2. The molecule has 0 unspecified atom stereocenters. The number of ketones is 2. The van der Waals surface area contributed by atoms with Crippen molar-refractivity contribution in [3.63, 3.8) is 0 Å². The molecule has 3 nitrogen and oxygen atoms in total. The Kier molecular flexibility index (Phi) is 6.85. The van der Waals surface area contributed by atoms with Gasteiger partial charge in [0.2, 0.25) is 0 Å². The Morgan fingerprint density at radius 2 is 1.68 bits per heavy atom. The Balaban J connectivity index is 0.000000212. The molecule has 0 bridgehead atoms. The summed E-state index contributed by atoms with van der Waals surface area (Å²) in [5.41, 5.74) is 4.81. The molecule has 0 fully saturated rings. The summed E-state index contributed by atoms with van der Waals surface area (Å²) < 4.78 is 18.1. The van der Waals surface area contributed by atoms with E-state index >= 15 is 0 Å². The van der Waals surface area contributed by atoms with Gasteiger partial charge in [0, 0.05) is 18.4 Å². The van der Waals surface area contributed by atoms with Gasteiger partial charge < -0.3 is 4.74 Å². The Hall–Kier alpha value is -1.59. The van der Waals surface area contributed by atoms with Crippen molar-refractivity contribution >= 4 is 27.5 Å². The molecule has 25 heavy (non-hydrogen) atoms. The van der Waals surface area contributed by atoms with Crippen LogP contribution in [0, 0.1) is 12.7 Å². The van der Waals surface area contributed by atoms with E-state index in [1.54, 1.807) is 12.1 Å². The van der Waals surface area contributed by atoms with Crippen molar-refractivity contribution in [3.05, 3.63) is 56.3 Å². The summed E-state index contributed by atoms with van der Waals surface area (Å²) in [7, 11) is 0. The number of halogens is 2. The van der Waals surface area contributed by atoms with Crippen LogP contribution in [0.5, 0.6) is 0 Å². The van der Waals surface area contributed by atoms with Crippen LogP contribution in [0.2, 0.25) is 0 Å². The van der Waals surface area contributed by atoms with Gasteiger partial charge in [-0.1, -0.05) is 11.6 Å². The quantitative estimate of drug-likeness (QED) is 0.700. The predicted octanol–water partition coefficient (Wildman–Crippen LogP) is 4.87. The van der Waals surface area contributed by atoms with Crippen LogP contribution < -0.4 is 0 Å². The lowest BCUT2D eigenvalue weighted by atomic mass is 9.94. The van der Waals surface area contributed by atoms with Crippen LogP contribution in [0.1, 0.15) is 38.7 Å².